The van der Waals surface area contributed by atoms with E-state index in [1.807, 2.05) is 120 Å². The highest BCUT2D eigenvalue weighted by molar-refractivity contribution is 7.13. The van der Waals surface area contributed by atoms with Gasteiger partial charge in [0, 0.05) is 137 Å². The molecule has 30 heteroatoms. The minimum Gasteiger partial charge on any atom is -0.488 e. The Morgan fingerprint density at radius 2 is 1.52 bits per heavy atom. The lowest BCUT2D eigenvalue weighted by atomic mass is 9.67. The van der Waals surface area contributed by atoms with Gasteiger partial charge in [-0.3, -0.25) is 48.3 Å². The third kappa shape index (κ3) is 19.6. The lowest BCUT2D eigenvalue weighted by Crippen LogP contribution is -2.59. The van der Waals surface area contributed by atoms with E-state index >= 15 is 0 Å². The van der Waals surface area contributed by atoms with Crippen LogP contribution in [-0.2, 0) is 40.2 Å². The number of benzene rings is 3. The van der Waals surface area contributed by atoms with Crippen LogP contribution in [0.5, 0.6) is 17.5 Å². The van der Waals surface area contributed by atoms with Gasteiger partial charge in [0.25, 0.3) is 17.7 Å². The van der Waals surface area contributed by atoms with Crippen LogP contribution < -0.4 is 46.1 Å². The number of fused-ring (bicyclic) bond motifs is 2. The number of carbonyl (C=O) groups excluding carboxylic acids is 7. The SMILES string of the molecule is Cc1ncsc1-c1ccc([C@H](C)NC(=O)[C@@H]2C[C@@H](O)CN2C(=O)C(c2cc(OCCN3CCN(CCOc4cc(N5C6CCC5CN(c5cc(-c7ccccc7OCc7ccc(NC(=O)[C@H](CCCCN(C)C)N(CCCCCN8C(=O)C=CC8=O)C(=O)C8(C(N)=O)CCC8)cc7)nnc5N)C6)ccn4)C(C)C3)no2)C(C)C)cc1. The maximum absolute atomic E-state index is 14.6. The van der Waals surface area contributed by atoms with Crippen molar-refractivity contribution in [2.75, 3.05) is 120 Å². The lowest BCUT2D eigenvalue weighted by Gasteiger charge is -2.43. The van der Waals surface area contributed by atoms with E-state index in [2.05, 4.69) is 79.5 Å². The van der Waals surface area contributed by atoms with Crippen LogP contribution in [0, 0.1) is 18.3 Å². The number of rotatable bonds is 37. The smallest absolute Gasteiger partial charge is 0.254 e. The number of nitrogens with zero attached hydrogens (tertiary/aromatic N) is 13. The molecule has 612 valence electrons. The molecule has 0 radical (unpaired) electrons. The first-order chi connectivity index (χ1) is 55.5. The number of hydrogen-bond donors (Lipinski definition) is 5. The van der Waals surface area contributed by atoms with Crippen molar-refractivity contribution in [3.8, 4) is 39.2 Å². The molecule has 0 spiro atoms. The summed E-state index contributed by atoms with van der Waals surface area (Å²) in [5.41, 5.74) is 20.6. The molecule has 5 fully saturated rings. The number of hydrogen-bond acceptors (Lipinski definition) is 24. The molecule has 115 heavy (non-hydrogen) atoms. The van der Waals surface area contributed by atoms with E-state index < -0.39 is 41.3 Å². The summed E-state index contributed by atoms with van der Waals surface area (Å²) in [6.07, 6.45) is 10.3. The number of aliphatic hydroxyl groups is 1. The standard InChI is InChI=1S/C85H109N17O12S/c1-54(2)77(82(108)101-51-65(103)45-70(101)81(107)90-56(4)59-21-23-60(24-22-59)78-57(5)89-53-115-78)72-47-74(94-114-72)112-42-40-96-38-39-97(55(3)48-96)41-43-111-73-44-62(31-34-88-73)102-63-27-28-64(102)50-98(49-63)69-46-67(92-93-79(69)86)66-16-9-10-18-71(66)113-52-58-19-25-61(26-20-58)91-80(106)68(17-11-14-35-95(6)7)99(84(110)85(83(87)109)32-15-33-85)36-12-8-13-37-100-75(104)29-30-76(100)105/h9-10,16,18-26,29-31,34,44,46-47,53-56,63-65,68,70,77,103H,8,11-15,17,27-28,32-33,35-43,45,48-52H2,1-7H3,(H2,86,93)(H2,87,109)(H,90,107)(H,91,106)/t55?,56-,63?,64?,65+,68-,70-,77?/m0/s1. The quantitative estimate of drug-likeness (QED) is 0.0138. The number of primary amides is 1. The van der Waals surface area contributed by atoms with Gasteiger partial charge in [0.1, 0.15) is 49.0 Å². The van der Waals surface area contributed by atoms with Crippen molar-refractivity contribution in [3.63, 3.8) is 0 Å². The predicted octanol–water partition coefficient (Wildman–Crippen LogP) is 8.64. The number of carbonyl (C=O) groups is 7. The third-order valence-electron chi connectivity index (χ3n) is 23.5. The van der Waals surface area contributed by atoms with Crippen LogP contribution in [0.1, 0.15) is 139 Å². The average Bonchev–Trinajstić information content (AvgIpc) is 1.75. The number of aliphatic hydroxyl groups excluding tert-OH is 1. The molecule has 1 saturated carbocycles. The van der Waals surface area contributed by atoms with E-state index in [0.29, 0.717) is 106 Å². The molecule has 7 amide bonds. The normalized spacial score (nSPS) is 20.2. The van der Waals surface area contributed by atoms with E-state index in [9.17, 15) is 38.7 Å². The van der Waals surface area contributed by atoms with Gasteiger partial charge in [0.15, 0.2) is 11.6 Å². The monoisotopic (exact) mass is 1590 g/mol. The van der Waals surface area contributed by atoms with Crippen molar-refractivity contribution in [2.24, 2.45) is 17.1 Å². The Bertz CT molecular complexity index is 4560. The predicted molar refractivity (Wildman–Crippen MR) is 438 cm³/mol. The van der Waals surface area contributed by atoms with Gasteiger partial charge in [-0.25, -0.2) is 9.97 Å². The highest BCUT2D eigenvalue weighted by Gasteiger charge is 2.53. The zero-order valence-corrected chi connectivity index (χ0v) is 67.8. The van der Waals surface area contributed by atoms with Gasteiger partial charge in [0.2, 0.25) is 35.4 Å². The Labute approximate surface area is 676 Å². The molecule has 4 saturated heterocycles. The zero-order chi connectivity index (χ0) is 81.0. The van der Waals surface area contributed by atoms with Crippen LogP contribution in [0.3, 0.4) is 0 Å². The number of aromatic nitrogens is 5. The summed E-state index contributed by atoms with van der Waals surface area (Å²) in [6.45, 7) is 17.6. The zero-order valence-electron chi connectivity index (χ0n) is 66.9. The summed E-state index contributed by atoms with van der Waals surface area (Å²) in [5, 5.41) is 30.3. The second-order valence-electron chi connectivity index (χ2n) is 32.0. The van der Waals surface area contributed by atoms with Gasteiger partial charge in [-0.1, -0.05) is 68.8 Å². The number of anilines is 4. The maximum atomic E-state index is 14.6. The Morgan fingerprint density at radius 3 is 2.22 bits per heavy atom. The molecule has 5 aliphatic heterocycles. The van der Waals surface area contributed by atoms with Gasteiger partial charge >= 0.3 is 0 Å². The van der Waals surface area contributed by atoms with Crippen molar-refractivity contribution in [1.29, 1.82) is 0 Å². The van der Waals surface area contributed by atoms with E-state index in [1.165, 1.54) is 22.0 Å². The first-order valence-corrected chi connectivity index (χ1v) is 41.4. The van der Waals surface area contributed by atoms with E-state index in [4.69, 9.17) is 30.2 Å². The summed E-state index contributed by atoms with van der Waals surface area (Å²) in [4.78, 5) is 121. The van der Waals surface area contributed by atoms with Crippen molar-refractivity contribution < 1.29 is 57.4 Å². The molecule has 13 rings (SSSR count). The van der Waals surface area contributed by atoms with E-state index in [-0.39, 0.29) is 98.2 Å². The molecular formula is C85H109N17O12S. The number of nitrogen functional groups attached to an aromatic ring is 1. The van der Waals surface area contributed by atoms with E-state index in [0.717, 1.165) is 109 Å². The number of nitrogens with one attached hydrogen (secondary N) is 2. The molecule has 8 atom stereocenters. The number of thiazole rings is 1. The molecule has 1 aliphatic carbocycles. The Kier molecular flexibility index (Phi) is 26.9. The molecular weight excluding hydrogens is 1480 g/mol. The highest BCUT2D eigenvalue weighted by Crippen LogP contribution is 2.44. The Morgan fingerprint density at radius 1 is 0.791 bits per heavy atom. The molecule has 4 unspecified atom stereocenters. The summed E-state index contributed by atoms with van der Waals surface area (Å²) in [5.74, 6) is -1.66. The molecule has 2 bridgehead atoms. The molecule has 6 aliphatic rings. The fourth-order valence-corrected chi connectivity index (χ4v) is 17.7. The van der Waals surface area contributed by atoms with Crippen LogP contribution in [0.2, 0.25) is 0 Å². The number of piperazine rings is 2. The minimum absolute atomic E-state index is 0.0318. The summed E-state index contributed by atoms with van der Waals surface area (Å²) < 4.78 is 24.8. The molecule has 9 heterocycles. The topological polar surface area (TPSA) is 347 Å². The lowest BCUT2D eigenvalue weighted by molar-refractivity contribution is -0.159. The maximum Gasteiger partial charge on any atom is 0.254 e. The molecule has 7 aromatic rings. The summed E-state index contributed by atoms with van der Waals surface area (Å²) in [6, 6.07) is 29.4. The van der Waals surface area contributed by atoms with Crippen LogP contribution in [0.4, 0.5) is 22.9 Å². The van der Waals surface area contributed by atoms with Crippen molar-refractivity contribution >= 4 is 75.6 Å². The van der Waals surface area contributed by atoms with Crippen LogP contribution in [0.25, 0.3) is 21.7 Å². The fourth-order valence-electron chi connectivity index (χ4n) is 16.9. The average molecular weight is 1590 g/mol. The molecule has 7 N–H and O–H groups in total. The van der Waals surface area contributed by atoms with Gasteiger partial charge < -0.3 is 70.4 Å². The van der Waals surface area contributed by atoms with Crippen LogP contribution in [-0.4, -0.2) is 237 Å². The molecule has 29 nitrogen and oxygen atoms in total. The number of unbranched alkanes of at least 4 members (excludes halogenated alkanes) is 3. The Hall–Kier alpha value is -10.4. The largest absolute Gasteiger partial charge is 0.488 e. The first-order valence-electron chi connectivity index (χ1n) is 40.5. The van der Waals surface area contributed by atoms with Crippen LogP contribution in [0.15, 0.2) is 125 Å². The van der Waals surface area contributed by atoms with Gasteiger partial charge in [-0.15, -0.1) is 21.5 Å². The first kappa shape index (κ1) is 82.6. The number of pyridine rings is 1. The highest BCUT2D eigenvalue weighted by atomic mass is 32.1. The number of likely N-dealkylation sites (tertiary alicyclic amines) is 1. The summed E-state index contributed by atoms with van der Waals surface area (Å²) in [7, 11) is 3.97. The number of imide groups is 1. The number of amides is 7. The van der Waals surface area contributed by atoms with Crippen molar-refractivity contribution in [1.82, 2.24) is 60.0 Å². The summed E-state index contributed by atoms with van der Waals surface area (Å²) >= 11 is 1.58. The molecule has 3 aromatic carbocycles. The fraction of sp³-hybridized carbons (Fsp3) is 0.506. The van der Waals surface area contributed by atoms with E-state index in [1.54, 1.807) is 34.4 Å². The number of aryl methyl sites for hydroxylation is 1. The second kappa shape index (κ2) is 37.5. The minimum atomic E-state index is -1.38. The van der Waals surface area contributed by atoms with Crippen LogP contribution >= 0.6 is 11.3 Å². The van der Waals surface area contributed by atoms with Gasteiger partial charge in [-0.05, 0) is 170 Å². The van der Waals surface area contributed by atoms with Gasteiger partial charge in [0.05, 0.1) is 39.6 Å². The molecule has 4 aromatic heterocycles. The number of nitrogens with two attached hydrogens (primary N) is 2. The third-order valence-corrected chi connectivity index (χ3v) is 24.5. The van der Waals surface area contributed by atoms with Gasteiger partial charge in [-0.2, -0.15) is 0 Å². The Balaban J connectivity index is 0.558. The number of para-hydroxylation sites is 1. The number of ether oxygens (including phenoxy) is 3. The van der Waals surface area contributed by atoms with Crippen molar-refractivity contribution in [3.05, 3.63) is 144 Å². The van der Waals surface area contributed by atoms with Crippen molar-refractivity contribution in [2.45, 2.75) is 167 Å². The number of β-amino-alcohol motifs (C(OH)–C–C–N with tert-alkyl or cyclic N) is 1. The second-order valence-corrected chi connectivity index (χ2v) is 32.9.